The second-order valence-corrected chi connectivity index (χ2v) is 3.78. The molecule has 0 spiro atoms. The number of nitrogens with one attached hydrogen (secondary N) is 1. The molecule has 0 saturated carbocycles. The predicted molar refractivity (Wildman–Crippen MR) is 62.0 cm³/mol. The van der Waals surface area contributed by atoms with Crippen molar-refractivity contribution in [2.75, 3.05) is 12.3 Å². The summed E-state index contributed by atoms with van der Waals surface area (Å²) < 4.78 is 0. The maximum absolute atomic E-state index is 10.8. The van der Waals surface area contributed by atoms with Crippen molar-refractivity contribution >= 4 is 11.4 Å². The van der Waals surface area contributed by atoms with Crippen LogP contribution in [-0.2, 0) is 0 Å². The maximum Gasteiger partial charge on any atom is 0.292 e. The minimum atomic E-state index is -0.441. The van der Waals surface area contributed by atoms with Crippen LogP contribution in [0.4, 0.5) is 11.4 Å². The number of allylic oxidation sites excluding steroid dienone is 1. The Balaban J connectivity index is 2.35. The first kappa shape index (κ1) is 10.5. The summed E-state index contributed by atoms with van der Waals surface area (Å²) in [6.07, 6.45) is 4.84. The summed E-state index contributed by atoms with van der Waals surface area (Å²) in [6.45, 7) is 0.888. The molecule has 84 valence electrons. The summed E-state index contributed by atoms with van der Waals surface area (Å²) in [7, 11) is 0. The number of nitrogen functional groups attached to an aromatic ring is 1. The SMILES string of the molecule is Nc1ccc(C2C=CNCC2)cc1[N+](=O)[O-]. The first-order valence-corrected chi connectivity index (χ1v) is 5.12. The van der Waals surface area contributed by atoms with Gasteiger partial charge in [-0.3, -0.25) is 10.1 Å². The van der Waals surface area contributed by atoms with Crippen molar-refractivity contribution in [2.45, 2.75) is 12.3 Å². The number of nitro benzene ring substituents is 1. The van der Waals surface area contributed by atoms with E-state index < -0.39 is 4.92 Å². The minimum absolute atomic E-state index is 0.00978. The van der Waals surface area contributed by atoms with E-state index in [0.29, 0.717) is 0 Å². The van der Waals surface area contributed by atoms with E-state index in [1.165, 1.54) is 0 Å². The zero-order chi connectivity index (χ0) is 11.5. The van der Waals surface area contributed by atoms with E-state index >= 15 is 0 Å². The number of nitrogens with zero attached hydrogens (tertiary/aromatic N) is 1. The third kappa shape index (κ3) is 1.98. The van der Waals surface area contributed by atoms with Gasteiger partial charge in [0.1, 0.15) is 5.69 Å². The molecule has 0 aromatic heterocycles. The number of hydrogen-bond donors (Lipinski definition) is 2. The topological polar surface area (TPSA) is 81.2 Å². The van der Waals surface area contributed by atoms with Gasteiger partial charge in [0.25, 0.3) is 5.69 Å². The van der Waals surface area contributed by atoms with Crippen LogP contribution in [0, 0.1) is 10.1 Å². The zero-order valence-electron chi connectivity index (χ0n) is 8.72. The fourth-order valence-electron chi connectivity index (χ4n) is 1.83. The monoisotopic (exact) mass is 219 g/mol. The van der Waals surface area contributed by atoms with Crippen molar-refractivity contribution in [3.63, 3.8) is 0 Å². The fraction of sp³-hybridized carbons (Fsp3) is 0.273. The van der Waals surface area contributed by atoms with E-state index in [0.717, 1.165) is 18.5 Å². The molecule has 3 N–H and O–H groups in total. The van der Waals surface area contributed by atoms with Crippen molar-refractivity contribution < 1.29 is 4.92 Å². The highest BCUT2D eigenvalue weighted by Gasteiger charge is 2.17. The number of rotatable bonds is 2. The molecular formula is C11H13N3O2. The zero-order valence-corrected chi connectivity index (χ0v) is 8.72. The van der Waals surface area contributed by atoms with Crippen molar-refractivity contribution in [1.82, 2.24) is 5.32 Å². The smallest absolute Gasteiger partial charge is 0.292 e. The van der Waals surface area contributed by atoms with E-state index in [-0.39, 0.29) is 17.3 Å². The van der Waals surface area contributed by atoms with Gasteiger partial charge in [-0.05, 0) is 24.3 Å². The summed E-state index contributed by atoms with van der Waals surface area (Å²) in [4.78, 5) is 10.3. The molecule has 1 aromatic carbocycles. The Morgan fingerprint density at radius 2 is 2.31 bits per heavy atom. The Morgan fingerprint density at radius 1 is 1.50 bits per heavy atom. The van der Waals surface area contributed by atoms with Crippen molar-refractivity contribution in [3.05, 3.63) is 46.2 Å². The molecule has 0 radical (unpaired) electrons. The quantitative estimate of drug-likeness (QED) is 0.451. The first-order chi connectivity index (χ1) is 7.68. The molecule has 5 nitrogen and oxygen atoms in total. The molecule has 1 atom stereocenters. The summed E-state index contributed by atoms with van der Waals surface area (Å²) in [6, 6.07) is 5.02. The third-order valence-electron chi connectivity index (χ3n) is 2.73. The van der Waals surface area contributed by atoms with Gasteiger partial charge in [-0.15, -0.1) is 0 Å². The Bertz CT molecular complexity index is 443. The van der Waals surface area contributed by atoms with Crippen LogP contribution in [0.1, 0.15) is 17.9 Å². The first-order valence-electron chi connectivity index (χ1n) is 5.12. The van der Waals surface area contributed by atoms with Crippen LogP contribution in [0.3, 0.4) is 0 Å². The second-order valence-electron chi connectivity index (χ2n) is 3.78. The van der Waals surface area contributed by atoms with Gasteiger partial charge in [-0.1, -0.05) is 12.1 Å². The van der Waals surface area contributed by atoms with Gasteiger partial charge in [0.15, 0.2) is 0 Å². The Hall–Kier alpha value is -2.04. The van der Waals surface area contributed by atoms with Gasteiger partial charge in [0.05, 0.1) is 4.92 Å². The molecule has 0 fully saturated rings. The van der Waals surface area contributed by atoms with E-state index in [9.17, 15) is 10.1 Å². The normalized spacial score (nSPS) is 19.1. The van der Waals surface area contributed by atoms with Gasteiger partial charge >= 0.3 is 0 Å². The van der Waals surface area contributed by atoms with Crippen molar-refractivity contribution in [2.24, 2.45) is 0 Å². The fourth-order valence-corrected chi connectivity index (χ4v) is 1.83. The molecule has 0 saturated heterocycles. The Labute approximate surface area is 93.1 Å². The minimum Gasteiger partial charge on any atom is -0.393 e. The van der Waals surface area contributed by atoms with Gasteiger partial charge in [0.2, 0.25) is 0 Å². The molecule has 1 unspecified atom stereocenters. The average molecular weight is 219 g/mol. The van der Waals surface area contributed by atoms with Crippen LogP contribution in [0.2, 0.25) is 0 Å². The molecule has 5 heteroatoms. The molecule has 0 bridgehead atoms. The van der Waals surface area contributed by atoms with Crippen LogP contribution in [-0.4, -0.2) is 11.5 Å². The Kier molecular flexibility index (Phi) is 2.76. The summed E-state index contributed by atoms with van der Waals surface area (Å²) >= 11 is 0. The van der Waals surface area contributed by atoms with Gasteiger partial charge in [-0.25, -0.2) is 0 Å². The lowest BCUT2D eigenvalue weighted by molar-refractivity contribution is -0.384. The third-order valence-corrected chi connectivity index (χ3v) is 2.73. The van der Waals surface area contributed by atoms with E-state index in [1.807, 2.05) is 18.3 Å². The summed E-state index contributed by atoms with van der Waals surface area (Å²) in [5.74, 6) is 0.237. The highest BCUT2D eigenvalue weighted by molar-refractivity contribution is 5.59. The lowest BCUT2D eigenvalue weighted by Crippen LogP contribution is -2.16. The van der Waals surface area contributed by atoms with Gasteiger partial charge < -0.3 is 11.1 Å². The van der Waals surface area contributed by atoms with E-state index in [1.54, 1.807) is 12.1 Å². The molecule has 2 rings (SSSR count). The number of nitro groups is 1. The van der Waals surface area contributed by atoms with Gasteiger partial charge in [0, 0.05) is 18.5 Å². The predicted octanol–water partition coefficient (Wildman–Crippen LogP) is 1.77. The number of benzene rings is 1. The molecule has 0 amide bonds. The van der Waals surface area contributed by atoms with Crippen molar-refractivity contribution in [1.29, 1.82) is 0 Å². The average Bonchev–Trinajstić information content (AvgIpc) is 2.30. The highest BCUT2D eigenvalue weighted by Crippen LogP contribution is 2.29. The van der Waals surface area contributed by atoms with Gasteiger partial charge in [-0.2, -0.15) is 0 Å². The van der Waals surface area contributed by atoms with Crippen LogP contribution >= 0.6 is 0 Å². The largest absolute Gasteiger partial charge is 0.393 e. The maximum atomic E-state index is 10.8. The number of hydrogen-bond acceptors (Lipinski definition) is 4. The molecule has 16 heavy (non-hydrogen) atoms. The number of anilines is 1. The lowest BCUT2D eigenvalue weighted by atomic mass is 9.93. The van der Waals surface area contributed by atoms with E-state index in [2.05, 4.69) is 5.32 Å². The molecule has 1 heterocycles. The van der Waals surface area contributed by atoms with E-state index in [4.69, 9.17) is 5.73 Å². The molecule has 1 aliphatic heterocycles. The number of nitrogens with two attached hydrogens (primary N) is 1. The highest BCUT2D eigenvalue weighted by atomic mass is 16.6. The molecular weight excluding hydrogens is 206 g/mol. The Morgan fingerprint density at radius 3 is 2.94 bits per heavy atom. The summed E-state index contributed by atoms with van der Waals surface area (Å²) in [5, 5.41) is 13.8. The van der Waals surface area contributed by atoms with Crippen LogP contribution in [0.5, 0.6) is 0 Å². The summed E-state index contributed by atoms with van der Waals surface area (Å²) in [5.41, 5.74) is 6.70. The van der Waals surface area contributed by atoms with Crippen molar-refractivity contribution in [3.8, 4) is 0 Å². The second kappa shape index (κ2) is 4.22. The molecule has 1 aromatic rings. The molecule has 0 aliphatic carbocycles. The lowest BCUT2D eigenvalue weighted by Gasteiger charge is -2.17. The van der Waals surface area contributed by atoms with Crippen LogP contribution in [0.25, 0.3) is 0 Å². The van der Waals surface area contributed by atoms with Crippen LogP contribution in [0.15, 0.2) is 30.5 Å². The standard InChI is InChI=1S/C11H13N3O2/c12-10-2-1-9(7-11(10)14(15)16)8-3-5-13-6-4-8/h1-3,5,7-8,13H,4,6,12H2. The van der Waals surface area contributed by atoms with Crippen LogP contribution < -0.4 is 11.1 Å². The molecule has 1 aliphatic rings.